The van der Waals surface area contributed by atoms with Crippen molar-refractivity contribution in [1.29, 1.82) is 0 Å². The molecule has 10 aromatic rings. The van der Waals surface area contributed by atoms with Gasteiger partial charge in [-0.05, 0) is 103 Å². The maximum Gasteiger partial charge on any atom is 0.200 e. The van der Waals surface area contributed by atoms with Crippen LogP contribution < -0.4 is 10.5 Å². The van der Waals surface area contributed by atoms with Gasteiger partial charge in [0, 0.05) is 21.5 Å². The first kappa shape index (κ1) is 48.4. The van der Waals surface area contributed by atoms with E-state index in [1.54, 1.807) is 12.2 Å². The Hall–Kier alpha value is -9.07. The van der Waals surface area contributed by atoms with Crippen LogP contribution in [0.25, 0.3) is 71.6 Å². The van der Waals surface area contributed by atoms with Crippen molar-refractivity contribution >= 4 is 68.7 Å². The standard InChI is InChI=1S/C53H43N5O.C8H9N.C3H6/c1-4-15-37(16-5-2)35-59-49-32-31-47-50(51(49)55-3)43-22-14-24-48(52(43)58(47)53(54)56-34-36-25-27-40(28-26-36)38-17-8-6-9-18-38)57-45-23-13-12-21-42(45)44-33-41(29-30-46(44)57)39-19-10-7-11-20-39;1-9-7-8-5-3-2-4-6-8;1-3-2/h4-33H,1,3,34-35H2,2H3,(H2,54,56);2-6H,1,7H2;3H,1H2,2H3/b16-5-,37-15+;;. The smallest absolute Gasteiger partial charge is 0.200 e. The highest BCUT2D eigenvalue weighted by atomic mass is 16.5. The molecule has 7 nitrogen and oxygen atoms in total. The molecular weight excluding hydrogens is 869 g/mol. The van der Waals surface area contributed by atoms with Gasteiger partial charge in [0.1, 0.15) is 18.0 Å². The first-order chi connectivity index (χ1) is 34.9. The lowest BCUT2D eigenvalue weighted by Crippen LogP contribution is -2.23. The molecule has 7 heteroatoms. The number of hydrogen-bond donors (Lipinski definition) is 1. The van der Waals surface area contributed by atoms with Crippen molar-refractivity contribution in [3.8, 4) is 33.7 Å². The van der Waals surface area contributed by atoms with E-state index in [0.717, 1.165) is 78.1 Å². The average Bonchev–Trinajstić information content (AvgIpc) is 3.94. The van der Waals surface area contributed by atoms with Crippen molar-refractivity contribution in [2.45, 2.75) is 26.9 Å². The molecule has 2 N–H and O–H groups in total. The van der Waals surface area contributed by atoms with Crippen molar-refractivity contribution in [3.05, 3.63) is 248 Å². The molecule has 0 saturated carbocycles. The number of aromatic nitrogens is 2. The molecule has 2 aromatic heterocycles. The Morgan fingerprint density at radius 3 is 1.83 bits per heavy atom. The third-order valence-electron chi connectivity index (χ3n) is 12.0. The summed E-state index contributed by atoms with van der Waals surface area (Å²) in [6.07, 6.45) is 9.46. The molecule has 0 spiro atoms. The zero-order valence-corrected chi connectivity index (χ0v) is 40.5. The summed E-state index contributed by atoms with van der Waals surface area (Å²) in [5.74, 6) is 0.987. The molecule has 0 aliphatic rings. The van der Waals surface area contributed by atoms with Crippen LogP contribution in [0.2, 0.25) is 0 Å². The summed E-state index contributed by atoms with van der Waals surface area (Å²) in [5, 5.41) is 4.16. The van der Waals surface area contributed by atoms with Crippen LogP contribution in [0.4, 0.5) is 5.69 Å². The van der Waals surface area contributed by atoms with E-state index in [1.165, 1.54) is 16.7 Å². The van der Waals surface area contributed by atoms with Crippen LogP contribution in [-0.4, -0.2) is 35.1 Å². The van der Waals surface area contributed by atoms with E-state index >= 15 is 0 Å². The molecule has 0 atom stereocenters. The molecule has 8 aromatic carbocycles. The van der Waals surface area contributed by atoms with Gasteiger partial charge in [0.05, 0.1) is 40.8 Å². The second-order valence-corrected chi connectivity index (χ2v) is 16.7. The Balaban J connectivity index is 0.000000499. The van der Waals surface area contributed by atoms with E-state index in [-0.39, 0.29) is 0 Å². The van der Waals surface area contributed by atoms with Gasteiger partial charge in [0.25, 0.3) is 0 Å². The van der Waals surface area contributed by atoms with Gasteiger partial charge in [-0.1, -0.05) is 189 Å². The van der Waals surface area contributed by atoms with Crippen molar-refractivity contribution in [1.82, 2.24) is 9.13 Å². The summed E-state index contributed by atoms with van der Waals surface area (Å²) in [7, 11) is 0. The number of nitrogens with two attached hydrogens (primary N) is 1. The lowest BCUT2D eigenvalue weighted by atomic mass is 10.0. The van der Waals surface area contributed by atoms with E-state index in [2.05, 4.69) is 179 Å². The molecular formula is C64H58N6O. The van der Waals surface area contributed by atoms with Gasteiger partial charge in [-0.3, -0.25) is 14.6 Å². The highest BCUT2D eigenvalue weighted by Gasteiger charge is 2.24. The van der Waals surface area contributed by atoms with Gasteiger partial charge < -0.3 is 15.0 Å². The van der Waals surface area contributed by atoms with Crippen molar-refractivity contribution in [2.24, 2.45) is 20.7 Å². The second kappa shape index (κ2) is 23.3. The molecule has 0 unspecified atom stereocenters. The molecule has 350 valence electrons. The minimum atomic E-state index is 0.341. The molecule has 0 saturated heterocycles. The fourth-order valence-electron chi connectivity index (χ4n) is 8.90. The Labute approximate surface area is 417 Å². The summed E-state index contributed by atoms with van der Waals surface area (Å²) in [6, 6.07) is 65.1. The zero-order valence-electron chi connectivity index (χ0n) is 40.5. The molecule has 0 bridgehead atoms. The number of ether oxygens (including phenoxy) is 1. The normalized spacial score (nSPS) is 11.5. The van der Waals surface area contributed by atoms with Gasteiger partial charge in [-0.25, -0.2) is 4.99 Å². The number of rotatable bonds is 13. The maximum absolute atomic E-state index is 7.17. The second-order valence-electron chi connectivity index (χ2n) is 16.7. The Morgan fingerprint density at radius 2 is 1.17 bits per heavy atom. The maximum atomic E-state index is 7.17. The largest absolute Gasteiger partial charge is 0.487 e. The van der Waals surface area contributed by atoms with E-state index in [9.17, 15) is 0 Å². The fraction of sp³-hybridized carbons (Fsp3) is 0.0781. The number of aliphatic imine (C=N–C) groups is 3. The van der Waals surface area contributed by atoms with Gasteiger partial charge in [-0.2, -0.15) is 0 Å². The number of fused-ring (bicyclic) bond motifs is 6. The SMILES string of the molecule is C=C/C=C(\C=C/C)COc1ccc2c(c1N=C)c1cccc(-n3c4ccccc4c4cc(-c5ccccc5)ccc43)c1n2C(N)=NCc1ccc(-c2ccccc2)cc1.C=CC.C=NCc1ccccc1. The van der Waals surface area contributed by atoms with Gasteiger partial charge in [0.2, 0.25) is 5.96 Å². The van der Waals surface area contributed by atoms with Crippen LogP contribution in [0.1, 0.15) is 25.0 Å². The van der Waals surface area contributed by atoms with E-state index in [4.69, 9.17) is 15.5 Å². The molecule has 0 aliphatic heterocycles. The Kier molecular flexibility index (Phi) is 15.9. The third kappa shape index (κ3) is 10.7. The predicted molar refractivity (Wildman–Crippen MR) is 305 cm³/mol. The van der Waals surface area contributed by atoms with Crippen molar-refractivity contribution in [2.75, 3.05) is 6.61 Å². The molecule has 10 rings (SSSR count). The van der Waals surface area contributed by atoms with Crippen LogP contribution in [0.15, 0.2) is 252 Å². The molecule has 0 amide bonds. The quantitative estimate of drug-likeness (QED) is 0.0541. The number of benzene rings is 8. The Bertz CT molecular complexity index is 3560. The third-order valence-corrected chi connectivity index (χ3v) is 12.0. The summed E-state index contributed by atoms with van der Waals surface area (Å²) in [6.45, 7) is 20.0. The van der Waals surface area contributed by atoms with Gasteiger partial charge in [-0.15, -0.1) is 6.58 Å². The summed E-state index contributed by atoms with van der Waals surface area (Å²) >= 11 is 0. The highest BCUT2D eigenvalue weighted by Crippen LogP contribution is 2.45. The monoisotopic (exact) mass is 926 g/mol. The lowest BCUT2D eigenvalue weighted by molar-refractivity contribution is 0.357. The van der Waals surface area contributed by atoms with Gasteiger partial charge in [0.15, 0.2) is 0 Å². The van der Waals surface area contributed by atoms with Crippen LogP contribution in [0.3, 0.4) is 0 Å². The van der Waals surface area contributed by atoms with E-state index in [1.807, 2.05) is 86.7 Å². The summed E-state index contributed by atoms with van der Waals surface area (Å²) in [4.78, 5) is 13.4. The molecule has 0 radical (unpaired) electrons. The highest BCUT2D eigenvalue weighted by molar-refractivity contribution is 6.21. The van der Waals surface area contributed by atoms with Crippen LogP contribution >= 0.6 is 0 Å². The number of hydrogen-bond acceptors (Lipinski definition) is 4. The number of para-hydroxylation sites is 2. The van der Waals surface area contributed by atoms with Crippen LogP contribution in [0, 0.1) is 0 Å². The Morgan fingerprint density at radius 1 is 0.592 bits per heavy atom. The minimum absolute atomic E-state index is 0.341. The van der Waals surface area contributed by atoms with Gasteiger partial charge >= 0.3 is 0 Å². The topological polar surface area (TPSA) is 82.2 Å². The van der Waals surface area contributed by atoms with Crippen LogP contribution in [0.5, 0.6) is 5.75 Å². The average molecular weight is 927 g/mol. The predicted octanol–water partition coefficient (Wildman–Crippen LogP) is 16.1. The van der Waals surface area contributed by atoms with E-state index in [0.29, 0.717) is 30.5 Å². The lowest BCUT2D eigenvalue weighted by Gasteiger charge is -2.14. The fourth-order valence-corrected chi connectivity index (χ4v) is 8.90. The molecule has 2 heterocycles. The first-order valence-corrected chi connectivity index (χ1v) is 23.6. The van der Waals surface area contributed by atoms with Crippen molar-refractivity contribution < 1.29 is 4.74 Å². The van der Waals surface area contributed by atoms with Crippen LogP contribution in [-0.2, 0) is 13.1 Å². The first-order valence-electron chi connectivity index (χ1n) is 23.6. The van der Waals surface area contributed by atoms with Crippen molar-refractivity contribution in [3.63, 3.8) is 0 Å². The number of nitrogens with zero attached hydrogens (tertiary/aromatic N) is 5. The summed E-state index contributed by atoms with van der Waals surface area (Å²) in [5.41, 5.74) is 20.6. The molecule has 0 aliphatic carbocycles. The molecule has 71 heavy (non-hydrogen) atoms. The number of allylic oxidation sites excluding steroid dienone is 4. The van der Waals surface area contributed by atoms with E-state index < -0.39 is 0 Å². The molecule has 0 fully saturated rings. The summed E-state index contributed by atoms with van der Waals surface area (Å²) < 4.78 is 10.9. The minimum Gasteiger partial charge on any atom is -0.487 e. The zero-order chi connectivity index (χ0) is 49.5.